The number of benzene rings is 2. The molecule has 0 saturated heterocycles. The van der Waals surface area contributed by atoms with Gasteiger partial charge in [0.25, 0.3) is 5.91 Å². The van der Waals surface area contributed by atoms with Crippen molar-refractivity contribution in [2.24, 2.45) is 5.10 Å². The molecule has 1 aliphatic rings. The molecule has 1 heterocycles. The molecular weight excluding hydrogens is 446 g/mol. The normalized spacial score (nSPS) is 14.7. The van der Waals surface area contributed by atoms with E-state index in [9.17, 15) is 9.90 Å². The number of amides is 1. The van der Waals surface area contributed by atoms with Gasteiger partial charge in [-0.05, 0) is 49.2 Å². The summed E-state index contributed by atoms with van der Waals surface area (Å²) in [6.45, 7) is 0. The lowest BCUT2D eigenvalue weighted by Crippen LogP contribution is -2.20. The number of hydrazone groups is 1. The van der Waals surface area contributed by atoms with Crippen molar-refractivity contribution in [3.8, 4) is 17.1 Å². The van der Waals surface area contributed by atoms with E-state index in [1.54, 1.807) is 24.3 Å². The molecule has 166 valence electrons. The number of halogens is 1. The molecule has 1 aromatic heterocycles. The molecule has 2 N–H and O–H groups in total. The van der Waals surface area contributed by atoms with Crippen LogP contribution in [0, 0.1) is 0 Å². The lowest BCUT2D eigenvalue weighted by atomic mass is 9.95. The maximum absolute atomic E-state index is 12.3. The van der Waals surface area contributed by atoms with Crippen molar-refractivity contribution in [3.05, 3.63) is 59.1 Å². The van der Waals surface area contributed by atoms with Gasteiger partial charge in [-0.15, -0.1) is 10.2 Å². The van der Waals surface area contributed by atoms with Gasteiger partial charge in [0.05, 0.1) is 12.0 Å². The predicted molar refractivity (Wildman–Crippen MR) is 127 cm³/mol. The maximum Gasteiger partial charge on any atom is 0.250 e. The van der Waals surface area contributed by atoms with Crippen molar-refractivity contribution in [2.75, 3.05) is 5.75 Å². The fraction of sp³-hybridized carbons (Fsp3) is 0.304. The topological polar surface area (TPSA) is 92.4 Å². The van der Waals surface area contributed by atoms with Crippen molar-refractivity contribution in [1.82, 2.24) is 20.2 Å². The quantitative estimate of drug-likeness (QED) is 0.287. The minimum Gasteiger partial charge on any atom is -0.507 e. The van der Waals surface area contributed by atoms with Crippen LogP contribution in [0.3, 0.4) is 0 Å². The Hall–Kier alpha value is -2.84. The Morgan fingerprint density at radius 3 is 2.66 bits per heavy atom. The number of hydrogen-bond acceptors (Lipinski definition) is 6. The van der Waals surface area contributed by atoms with Crippen LogP contribution < -0.4 is 5.43 Å². The van der Waals surface area contributed by atoms with Gasteiger partial charge in [-0.3, -0.25) is 9.36 Å². The van der Waals surface area contributed by atoms with Gasteiger partial charge in [0.1, 0.15) is 5.75 Å². The van der Waals surface area contributed by atoms with E-state index in [1.807, 2.05) is 24.3 Å². The van der Waals surface area contributed by atoms with Gasteiger partial charge in [0.15, 0.2) is 11.0 Å². The molecule has 0 atom stereocenters. The number of nitrogens with zero attached hydrogens (tertiary/aromatic N) is 4. The van der Waals surface area contributed by atoms with E-state index in [4.69, 9.17) is 11.6 Å². The molecule has 0 unspecified atom stereocenters. The minimum absolute atomic E-state index is 0.107. The lowest BCUT2D eigenvalue weighted by Gasteiger charge is -2.25. The Bertz CT molecular complexity index is 1090. The number of nitrogens with one attached hydrogen (secondary N) is 1. The molecule has 1 amide bonds. The molecular formula is C23H24ClN5O2S. The standard InChI is InChI=1S/C23H24ClN5O2S/c24-18-12-10-16(11-13-18)22-27-28-23(29(22)19-7-2-1-3-8-19)32-15-21(31)26-25-14-17-6-4-5-9-20(17)30/h4-6,9-14,19,30H,1-3,7-8,15H2,(H,26,31). The van der Waals surface area contributed by atoms with Crippen LogP contribution in [0.4, 0.5) is 0 Å². The summed E-state index contributed by atoms with van der Waals surface area (Å²) >= 11 is 7.39. The Balaban J connectivity index is 1.46. The van der Waals surface area contributed by atoms with Crippen LogP contribution in [0.15, 0.2) is 58.8 Å². The number of aromatic hydroxyl groups is 1. The van der Waals surface area contributed by atoms with E-state index >= 15 is 0 Å². The molecule has 1 aliphatic carbocycles. The predicted octanol–water partition coefficient (Wildman–Crippen LogP) is 5.05. The molecule has 1 fully saturated rings. The van der Waals surface area contributed by atoms with Gasteiger partial charge in [-0.25, -0.2) is 5.43 Å². The van der Waals surface area contributed by atoms with Gasteiger partial charge >= 0.3 is 0 Å². The molecule has 4 rings (SSSR count). The smallest absolute Gasteiger partial charge is 0.250 e. The summed E-state index contributed by atoms with van der Waals surface area (Å²) in [5, 5.41) is 23.9. The second kappa shape index (κ2) is 10.7. The van der Waals surface area contributed by atoms with Gasteiger partial charge < -0.3 is 5.11 Å². The monoisotopic (exact) mass is 469 g/mol. The van der Waals surface area contributed by atoms with Crippen LogP contribution in [0.5, 0.6) is 5.75 Å². The Morgan fingerprint density at radius 1 is 1.16 bits per heavy atom. The molecule has 0 spiro atoms. The molecule has 0 radical (unpaired) electrons. The highest BCUT2D eigenvalue weighted by molar-refractivity contribution is 7.99. The minimum atomic E-state index is -0.257. The van der Waals surface area contributed by atoms with E-state index in [0.29, 0.717) is 16.6 Å². The molecule has 3 aromatic rings. The van der Waals surface area contributed by atoms with Crippen LogP contribution in [-0.4, -0.2) is 37.7 Å². The maximum atomic E-state index is 12.3. The first-order valence-electron chi connectivity index (χ1n) is 10.6. The number of carbonyl (C=O) groups excluding carboxylic acids is 1. The van der Waals surface area contributed by atoms with Crippen LogP contribution in [0.2, 0.25) is 5.02 Å². The highest BCUT2D eigenvalue weighted by Crippen LogP contribution is 2.35. The van der Waals surface area contributed by atoms with Crippen molar-refractivity contribution < 1.29 is 9.90 Å². The summed E-state index contributed by atoms with van der Waals surface area (Å²) in [7, 11) is 0. The van der Waals surface area contributed by atoms with E-state index in [0.717, 1.165) is 29.4 Å². The molecule has 32 heavy (non-hydrogen) atoms. The van der Waals surface area contributed by atoms with Gasteiger partial charge in [-0.1, -0.05) is 54.8 Å². The first-order chi connectivity index (χ1) is 15.6. The number of carbonyl (C=O) groups is 1. The van der Waals surface area contributed by atoms with Crippen LogP contribution in [0.25, 0.3) is 11.4 Å². The van der Waals surface area contributed by atoms with Crippen LogP contribution in [-0.2, 0) is 4.79 Å². The van der Waals surface area contributed by atoms with E-state index < -0.39 is 0 Å². The number of phenols is 1. The molecule has 9 heteroatoms. The number of thioether (sulfide) groups is 1. The summed E-state index contributed by atoms with van der Waals surface area (Å²) in [5.41, 5.74) is 3.99. The summed E-state index contributed by atoms with van der Waals surface area (Å²) in [4.78, 5) is 12.3. The molecule has 2 aromatic carbocycles. The third-order valence-corrected chi connectivity index (χ3v) is 6.56. The summed E-state index contributed by atoms with van der Waals surface area (Å²) < 4.78 is 2.17. The highest BCUT2D eigenvalue weighted by Gasteiger charge is 2.24. The molecule has 0 aliphatic heterocycles. The van der Waals surface area contributed by atoms with Crippen molar-refractivity contribution in [2.45, 2.75) is 43.3 Å². The van der Waals surface area contributed by atoms with Gasteiger partial charge in [-0.2, -0.15) is 5.10 Å². The first kappa shape index (κ1) is 22.4. The Kier molecular flexibility index (Phi) is 7.44. The fourth-order valence-electron chi connectivity index (χ4n) is 3.77. The number of aromatic nitrogens is 3. The molecule has 7 nitrogen and oxygen atoms in total. The lowest BCUT2D eigenvalue weighted by molar-refractivity contribution is -0.118. The zero-order valence-electron chi connectivity index (χ0n) is 17.4. The largest absolute Gasteiger partial charge is 0.507 e. The van der Waals surface area contributed by atoms with Crippen molar-refractivity contribution >= 4 is 35.5 Å². The van der Waals surface area contributed by atoms with E-state index in [2.05, 4.69) is 25.3 Å². The molecule has 0 bridgehead atoms. The molecule has 1 saturated carbocycles. The highest BCUT2D eigenvalue weighted by atomic mass is 35.5. The van der Waals surface area contributed by atoms with Gasteiger partial charge in [0.2, 0.25) is 0 Å². The van der Waals surface area contributed by atoms with E-state index in [-0.39, 0.29) is 17.4 Å². The second-order valence-electron chi connectivity index (χ2n) is 7.62. The number of para-hydroxylation sites is 1. The van der Waals surface area contributed by atoms with Crippen LogP contribution >= 0.6 is 23.4 Å². The number of phenolic OH excluding ortho intramolecular Hbond substituents is 1. The Morgan fingerprint density at radius 2 is 1.91 bits per heavy atom. The van der Waals surface area contributed by atoms with Crippen LogP contribution in [0.1, 0.15) is 43.7 Å². The number of hydrogen-bond donors (Lipinski definition) is 2. The van der Waals surface area contributed by atoms with Crippen molar-refractivity contribution in [1.29, 1.82) is 0 Å². The number of rotatable bonds is 7. The first-order valence-corrected chi connectivity index (χ1v) is 11.9. The summed E-state index contributed by atoms with van der Waals surface area (Å²) in [6, 6.07) is 14.7. The summed E-state index contributed by atoms with van der Waals surface area (Å²) in [6.07, 6.45) is 7.16. The average Bonchev–Trinajstić information content (AvgIpc) is 3.24. The Labute approximate surface area is 195 Å². The summed E-state index contributed by atoms with van der Waals surface area (Å²) in [5.74, 6) is 0.806. The third kappa shape index (κ3) is 5.49. The third-order valence-electron chi connectivity index (χ3n) is 5.37. The van der Waals surface area contributed by atoms with Gasteiger partial charge in [0, 0.05) is 22.2 Å². The second-order valence-corrected chi connectivity index (χ2v) is 8.99. The van der Waals surface area contributed by atoms with Crippen molar-refractivity contribution in [3.63, 3.8) is 0 Å². The average molecular weight is 470 g/mol. The van der Waals surface area contributed by atoms with E-state index in [1.165, 1.54) is 37.2 Å². The zero-order chi connectivity index (χ0) is 22.3. The fourth-order valence-corrected chi connectivity index (χ4v) is 4.70. The SMILES string of the molecule is O=C(CSc1nnc(-c2ccc(Cl)cc2)n1C1CCCCC1)NN=Cc1ccccc1O. The zero-order valence-corrected chi connectivity index (χ0v) is 19.0.